The third-order valence-electron chi connectivity index (χ3n) is 4.07. The van der Waals surface area contributed by atoms with E-state index in [1.54, 1.807) is 23.8 Å². The summed E-state index contributed by atoms with van der Waals surface area (Å²) in [5.74, 6) is 1.12. The molecular formula is C17H19N3O3S2. The van der Waals surface area contributed by atoms with E-state index in [1.165, 1.54) is 11.3 Å². The Bertz CT molecular complexity index is 791. The van der Waals surface area contributed by atoms with Crippen LogP contribution in [0.15, 0.2) is 29.6 Å². The number of anilines is 1. The topological polar surface area (TPSA) is 71.5 Å². The van der Waals surface area contributed by atoms with Gasteiger partial charge >= 0.3 is 0 Å². The molecule has 25 heavy (non-hydrogen) atoms. The minimum absolute atomic E-state index is 0.211. The van der Waals surface area contributed by atoms with Crippen LogP contribution >= 0.6 is 23.1 Å². The van der Waals surface area contributed by atoms with Crippen molar-refractivity contribution in [3.63, 3.8) is 0 Å². The van der Waals surface area contributed by atoms with Gasteiger partial charge in [-0.2, -0.15) is 0 Å². The van der Waals surface area contributed by atoms with Crippen LogP contribution in [0.25, 0.3) is 11.3 Å². The summed E-state index contributed by atoms with van der Waals surface area (Å²) in [5, 5.41) is 5.23. The van der Waals surface area contributed by atoms with Crippen molar-refractivity contribution in [3.8, 4) is 17.0 Å². The number of benzene rings is 1. The van der Waals surface area contributed by atoms with Crippen molar-refractivity contribution in [1.29, 1.82) is 0 Å². The number of rotatable bonds is 5. The second kappa shape index (κ2) is 7.05. The van der Waals surface area contributed by atoms with E-state index in [-0.39, 0.29) is 10.8 Å². The number of thiazole rings is 1. The molecule has 6 nitrogen and oxygen atoms in total. The van der Waals surface area contributed by atoms with E-state index in [0.717, 1.165) is 23.4 Å². The molecule has 1 saturated heterocycles. The van der Waals surface area contributed by atoms with Crippen LogP contribution in [-0.2, 0) is 9.59 Å². The fraction of sp³-hybridized carbons (Fsp3) is 0.353. The van der Waals surface area contributed by atoms with Gasteiger partial charge in [0.15, 0.2) is 5.13 Å². The van der Waals surface area contributed by atoms with Crippen molar-refractivity contribution in [2.45, 2.75) is 24.8 Å². The molecule has 2 heterocycles. The molecule has 2 aromatic rings. The Morgan fingerprint density at radius 2 is 2.28 bits per heavy atom. The fourth-order valence-electron chi connectivity index (χ4n) is 2.65. The summed E-state index contributed by atoms with van der Waals surface area (Å²) in [7, 11) is 1.62. The van der Waals surface area contributed by atoms with Gasteiger partial charge < -0.3 is 15.0 Å². The molecule has 3 rings (SSSR count). The van der Waals surface area contributed by atoms with Gasteiger partial charge in [-0.15, -0.1) is 23.1 Å². The van der Waals surface area contributed by atoms with Gasteiger partial charge in [0.2, 0.25) is 12.3 Å². The number of methoxy groups -OCH3 is 1. The van der Waals surface area contributed by atoms with Crippen LogP contribution in [-0.4, -0.2) is 46.0 Å². The number of nitrogens with one attached hydrogen (secondary N) is 1. The Kier molecular flexibility index (Phi) is 5.01. The molecule has 1 aliphatic rings. The lowest BCUT2D eigenvalue weighted by molar-refractivity contribution is -0.130. The normalized spacial score (nSPS) is 18.8. The lowest BCUT2D eigenvalue weighted by Crippen LogP contribution is -2.47. The minimum Gasteiger partial charge on any atom is -0.497 e. The number of aromatic nitrogens is 1. The number of thioether (sulfide) groups is 1. The van der Waals surface area contributed by atoms with Gasteiger partial charge in [-0.05, 0) is 26.0 Å². The molecule has 1 aromatic carbocycles. The van der Waals surface area contributed by atoms with Crippen LogP contribution in [0, 0.1) is 0 Å². The average molecular weight is 377 g/mol. The molecule has 8 heteroatoms. The van der Waals surface area contributed by atoms with Gasteiger partial charge in [0.1, 0.15) is 11.8 Å². The number of ether oxygens (including phenoxy) is 1. The monoisotopic (exact) mass is 377 g/mol. The Balaban J connectivity index is 1.73. The van der Waals surface area contributed by atoms with E-state index >= 15 is 0 Å². The third kappa shape index (κ3) is 3.64. The molecule has 0 saturated carbocycles. The predicted molar refractivity (Wildman–Crippen MR) is 101 cm³/mol. The largest absolute Gasteiger partial charge is 0.497 e. The molecule has 0 spiro atoms. The highest BCUT2D eigenvalue weighted by atomic mass is 32.2. The summed E-state index contributed by atoms with van der Waals surface area (Å²) < 4.78 is 5.22. The number of carbonyl (C=O) groups is 2. The molecular weight excluding hydrogens is 358 g/mol. The average Bonchev–Trinajstić information content (AvgIpc) is 3.18. The van der Waals surface area contributed by atoms with Crippen LogP contribution in [0.1, 0.15) is 13.8 Å². The van der Waals surface area contributed by atoms with Crippen LogP contribution in [0.5, 0.6) is 5.75 Å². The Morgan fingerprint density at radius 3 is 3.00 bits per heavy atom. The summed E-state index contributed by atoms with van der Waals surface area (Å²) in [4.78, 5) is 29.5. The van der Waals surface area contributed by atoms with Crippen molar-refractivity contribution in [2.75, 3.05) is 18.2 Å². The summed E-state index contributed by atoms with van der Waals surface area (Å²) in [6, 6.07) is 7.11. The standard InChI is InChI=1S/C17H19N3O3S2/c1-17(2)20(10-21)14(9-25-17)15(22)19-16-18-13(8-24-16)11-5-4-6-12(7-11)23-3/h4-8,10,14H,9H2,1-3H3,(H,18,19,22). The Morgan fingerprint density at radius 1 is 1.48 bits per heavy atom. The summed E-state index contributed by atoms with van der Waals surface area (Å²) in [6.07, 6.45) is 0.744. The van der Waals surface area contributed by atoms with Crippen molar-refractivity contribution in [3.05, 3.63) is 29.6 Å². The van der Waals surface area contributed by atoms with E-state index in [9.17, 15) is 9.59 Å². The van der Waals surface area contributed by atoms with Crippen molar-refractivity contribution in [1.82, 2.24) is 9.88 Å². The first-order valence-corrected chi connectivity index (χ1v) is 9.59. The molecule has 0 bridgehead atoms. The Hall–Kier alpha value is -2.06. The second-order valence-corrected chi connectivity index (χ2v) is 8.52. The highest BCUT2D eigenvalue weighted by Crippen LogP contribution is 2.38. The molecule has 0 radical (unpaired) electrons. The van der Waals surface area contributed by atoms with Gasteiger partial charge in [0, 0.05) is 16.7 Å². The molecule has 1 atom stereocenters. The van der Waals surface area contributed by atoms with E-state index in [1.807, 2.05) is 43.5 Å². The van der Waals surface area contributed by atoms with Gasteiger partial charge in [0.25, 0.3) is 0 Å². The van der Waals surface area contributed by atoms with Crippen molar-refractivity contribution in [2.24, 2.45) is 0 Å². The fourth-order valence-corrected chi connectivity index (χ4v) is 4.57. The van der Waals surface area contributed by atoms with E-state index in [0.29, 0.717) is 10.9 Å². The highest BCUT2D eigenvalue weighted by molar-refractivity contribution is 8.00. The molecule has 1 aliphatic heterocycles. The highest BCUT2D eigenvalue weighted by Gasteiger charge is 2.43. The molecule has 132 valence electrons. The van der Waals surface area contributed by atoms with Crippen LogP contribution < -0.4 is 10.1 Å². The van der Waals surface area contributed by atoms with Crippen LogP contribution in [0.2, 0.25) is 0 Å². The smallest absolute Gasteiger partial charge is 0.249 e. The number of hydrogen-bond donors (Lipinski definition) is 1. The van der Waals surface area contributed by atoms with E-state index in [2.05, 4.69) is 10.3 Å². The molecule has 1 fully saturated rings. The summed E-state index contributed by atoms with van der Waals surface area (Å²) in [6.45, 7) is 3.87. The number of amides is 2. The molecule has 1 aromatic heterocycles. The van der Waals surface area contributed by atoms with Crippen molar-refractivity contribution >= 4 is 40.5 Å². The van der Waals surface area contributed by atoms with Crippen LogP contribution in [0.3, 0.4) is 0 Å². The van der Waals surface area contributed by atoms with Gasteiger partial charge in [-0.25, -0.2) is 4.98 Å². The summed E-state index contributed by atoms with van der Waals surface area (Å²) in [5.41, 5.74) is 1.69. The zero-order valence-electron chi connectivity index (χ0n) is 14.2. The molecule has 1 unspecified atom stereocenters. The first kappa shape index (κ1) is 17.8. The lowest BCUT2D eigenvalue weighted by Gasteiger charge is -2.29. The third-order valence-corrected chi connectivity index (χ3v) is 6.23. The number of carbonyl (C=O) groups excluding carboxylic acids is 2. The van der Waals surface area contributed by atoms with Gasteiger partial charge in [0.05, 0.1) is 17.7 Å². The van der Waals surface area contributed by atoms with Crippen molar-refractivity contribution < 1.29 is 14.3 Å². The molecule has 2 amide bonds. The van der Waals surface area contributed by atoms with E-state index in [4.69, 9.17) is 4.74 Å². The molecule has 1 N–H and O–H groups in total. The van der Waals surface area contributed by atoms with Gasteiger partial charge in [-0.1, -0.05) is 12.1 Å². The first-order chi connectivity index (χ1) is 11.9. The van der Waals surface area contributed by atoms with Gasteiger partial charge in [-0.3, -0.25) is 9.59 Å². The van der Waals surface area contributed by atoms with Crippen LogP contribution in [0.4, 0.5) is 5.13 Å². The second-order valence-electron chi connectivity index (χ2n) is 6.05. The zero-order chi connectivity index (χ0) is 18.0. The predicted octanol–water partition coefficient (Wildman–Crippen LogP) is 3.07. The quantitative estimate of drug-likeness (QED) is 0.811. The molecule has 0 aliphatic carbocycles. The zero-order valence-corrected chi connectivity index (χ0v) is 15.8. The maximum absolute atomic E-state index is 12.5. The first-order valence-electron chi connectivity index (χ1n) is 7.73. The summed E-state index contributed by atoms with van der Waals surface area (Å²) >= 11 is 2.94. The number of hydrogen-bond acceptors (Lipinski definition) is 6. The number of nitrogens with zero attached hydrogens (tertiary/aromatic N) is 2. The Labute approximate surface area is 154 Å². The maximum atomic E-state index is 12.5. The minimum atomic E-state index is -0.485. The maximum Gasteiger partial charge on any atom is 0.249 e. The SMILES string of the molecule is COc1cccc(-c2csc(NC(=O)C3CSC(C)(C)N3C=O)n2)c1. The lowest BCUT2D eigenvalue weighted by atomic mass is 10.2. The van der Waals surface area contributed by atoms with E-state index < -0.39 is 6.04 Å².